The van der Waals surface area contributed by atoms with Gasteiger partial charge in [-0.1, -0.05) is 44.6 Å². The van der Waals surface area contributed by atoms with Crippen molar-refractivity contribution in [2.45, 2.75) is 76.0 Å². The zero-order valence-electron chi connectivity index (χ0n) is 14.2. The normalized spacial score (nSPS) is 20.8. The lowest BCUT2D eigenvalue weighted by molar-refractivity contribution is 0.341. The first-order chi connectivity index (χ1) is 10.8. The van der Waals surface area contributed by atoms with Crippen LogP contribution in [0.4, 0.5) is 0 Å². The van der Waals surface area contributed by atoms with Gasteiger partial charge in [0.05, 0.1) is 14.2 Å². The second-order valence-electron chi connectivity index (χ2n) is 7.02. The maximum Gasteiger partial charge on any atom is 0.164 e. The molecule has 2 aliphatic carbocycles. The van der Waals surface area contributed by atoms with Crippen LogP contribution in [0.15, 0.2) is 12.1 Å². The smallest absolute Gasteiger partial charge is 0.164 e. The molecule has 122 valence electrons. The highest BCUT2D eigenvalue weighted by molar-refractivity contribution is 5.52. The molecule has 0 amide bonds. The van der Waals surface area contributed by atoms with Crippen LogP contribution >= 0.6 is 0 Å². The van der Waals surface area contributed by atoms with E-state index in [4.69, 9.17) is 9.47 Å². The number of methoxy groups -OCH3 is 2. The van der Waals surface area contributed by atoms with E-state index in [1.165, 1.54) is 75.3 Å². The lowest BCUT2D eigenvalue weighted by Crippen LogP contribution is -2.10. The molecule has 1 aromatic rings. The maximum absolute atomic E-state index is 5.74. The molecule has 0 spiro atoms. The largest absolute Gasteiger partial charge is 0.493 e. The third-order valence-corrected chi connectivity index (χ3v) is 5.65. The van der Waals surface area contributed by atoms with E-state index in [-0.39, 0.29) is 0 Å². The van der Waals surface area contributed by atoms with Gasteiger partial charge in [-0.2, -0.15) is 0 Å². The molecule has 0 aliphatic heterocycles. The van der Waals surface area contributed by atoms with Gasteiger partial charge >= 0.3 is 0 Å². The zero-order chi connectivity index (χ0) is 15.4. The fourth-order valence-corrected chi connectivity index (χ4v) is 4.40. The molecular weight excluding hydrogens is 272 g/mol. The van der Waals surface area contributed by atoms with E-state index >= 15 is 0 Å². The van der Waals surface area contributed by atoms with E-state index in [2.05, 4.69) is 12.1 Å². The molecule has 0 N–H and O–H groups in total. The Labute approximate surface area is 135 Å². The number of ether oxygens (including phenoxy) is 2. The highest BCUT2D eigenvalue weighted by atomic mass is 16.5. The molecule has 0 bridgehead atoms. The first kappa shape index (κ1) is 15.7. The molecule has 22 heavy (non-hydrogen) atoms. The fraction of sp³-hybridized carbons (Fsp3) is 0.700. The first-order valence-electron chi connectivity index (χ1n) is 9.09. The summed E-state index contributed by atoms with van der Waals surface area (Å²) in [4.78, 5) is 0. The number of rotatable bonds is 4. The Morgan fingerprint density at radius 1 is 0.727 bits per heavy atom. The summed E-state index contributed by atoms with van der Waals surface area (Å²) < 4.78 is 11.4. The predicted octanol–water partition coefficient (Wildman–Crippen LogP) is 5.80. The van der Waals surface area contributed by atoms with Gasteiger partial charge in [0.2, 0.25) is 0 Å². The monoisotopic (exact) mass is 302 g/mol. The minimum absolute atomic E-state index is 0.654. The molecule has 2 heteroatoms. The Kier molecular flexibility index (Phi) is 5.28. The van der Waals surface area contributed by atoms with Crippen LogP contribution in [0.25, 0.3) is 0 Å². The second-order valence-corrected chi connectivity index (χ2v) is 7.02. The second kappa shape index (κ2) is 7.39. The Balaban J connectivity index is 1.96. The number of hydrogen-bond acceptors (Lipinski definition) is 2. The lowest BCUT2D eigenvalue weighted by Gasteiger charge is -2.28. The van der Waals surface area contributed by atoms with E-state index in [1.807, 2.05) is 0 Å². The summed E-state index contributed by atoms with van der Waals surface area (Å²) in [6.45, 7) is 0. The minimum atomic E-state index is 0.654. The standard InChI is InChI=1S/C20H30O2/c1-21-19-14-17(15-9-5-3-6-10-15)13-18(20(19)22-2)16-11-7-4-8-12-16/h13-16H,3-12H2,1-2H3. The molecule has 0 heterocycles. The zero-order valence-corrected chi connectivity index (χ0v) is 14.2. The summed E-state index contributed by atoms with van der Waals surface area (Å²) in [5.41, 5.74) is 2.89. The van der Waals surface area contributed by atoms with Gasteiger partial charge in [0.25, 0.3) is 0 Å². The van der Waals surface area contributed by atoms with Gasteiger partial charge in [0, 0.05) is 5.56 Å². The van der Waals surface area contributed by atoms with Gasteiger partial charge in [-0.05, 0) is 49.1 Å². The lowest BCUT2D eigenvalue weighted by atomic mass is 9.79. The Bertz CT molecular complexity index is 483. The van der Waals surface area contributed by atoms with Crippen molar-refractivity contribution in [1.29, 1.82) is 0 Å². The van der Waals surface area contributed by atoms with Crippen molar-refractivity contribution < 1.29 is 9.47 Å². The van der Waals surface area contributed by atoms with Crippen molar-refractivity contribution in [3.63, 3.8) is 0 Å². The van der Waals surface area contributed by atoms with Gasteiger partial charge < -0.3 is 9.47 Å². The highest BCUT2D eigenvalue weighted by Crippen LogP contribution is 2.45. The molecule has 0 aromatic heterocycles. The summed E-state index contributed by atoms with van der Waals surface area (Å²) in [5.74, 6) is 3.29. The fourth-order valence-electron chi connectivity index (χ4n) is 4.40. The average molecular weight is 302 g/mol. The topological polar surface area (TPSA) is 18.5 Å². The molecule has 0 atom stereocenters. The molecule has 3 rings (SSSR count). The van der Waals surface area contributed by atoms with Crippen LogP contribution < -0.4 is 9.47 Å². The van der Waals surface area contributed by atoms with Crippen molar-refractivity contribution >= 4 is 0 Å². The van der Waals surface area contributed by atoms with Gasteiger partial charge in [0.1, 0.15) is 0 Å². The summed E-state index contributed by atoms with van der Waals surface area (Å²) in [5, 5.41) is 0. The van der Waals surface area contributed by atoms with E-state index < -0.39 is 0 Å². The summed E-state index contributed by atoms with van der Waals surface area (Å²) in [6.07, 6.45) is 13.5. The van der Waals surface area contributed by atoms with Crippen LogP contribution in [-0.2, 0) is 0 Å². The van der Waals surface area contributed by atoms with Crippen LogP contribution in [0.3, 0.4) is 0 Å². The van der Waals surface area contributed by atoms with Crippen molar-refractivity contribution in [3.8, 4) is 11.5 Å². The van der Waals surface area contributed by atoms with Crippen LogP contribution in [-0.4, -0.2) is 14.2 Å². The van der Waals surface area contributed by atoms with Crippen LogP contribution in [0.5, 0.6) is 11.5 Å². The first-order valence-corrected chi connectivity index (χ1v) is 9.09. The van der Waals surface area contributed by atoms with Gasteiger partial charge in [-0.25, -0.2) is 0 Å². The quantitative estimate of drug-likeness (QED) is 0.700. The summed E-state index contributed by atoms with van der Waals surface area (Å²) in [7, 11) is 3.55. The van der Waals surface area contributed by atoms with Crippen LogP contribution in [0.1, 0.15) is 87.2 Å². The van der Waals surface area contributed by atoms with E-state index in [0.717, 1.165) is 17.4 Å². The SMILES string of the molecule is COc1cc(C2CCCCC2)cc(C2CCCCC2)c1OC. The Morgan fingerprint density at radius 2 is 1.32 bits per heavy atom. The Hall–Kier alpha value is -1.18. The van der Waals surface area contributed by atoms with E-state index in [0.29, 0.717) is 5.92 Å². The minimum Gasteiger partial charge on any atom is -0.493 e. The molecule has 0 saturated heterocycles. The summed E-state index contributed by atoms with van der Waals surface area (Å²) in [6, 6.07) is 4.69. The molecule has 0 radical (unpaired) electrons. The van der Waals surface area contributed by atoms with Gasteiger partial charge in [0.15, 0.2) is 11.5 Å². The van der Waals surface area contributed by atoms with Gasteiger partial charge in [-0.15, -0.1) is 0 Å². The van der Waals surface area contributed by atoms with Crippen LogP contribution in [0, 0.1) is 0 Å². The summed E-state index contributed by atoms with van der Waals surface area (Å²) >= 11 is 0. The highest BCUT2D eigenvalue weighted by Gasteiger charge is 2.25. The number of hydrogen-bond donors (Lipinski definition) is 0. The predicted molar refractivity (Wildman–Crippen MR) is 91.2 cm³/mol. The molecule has 2 fully saturated rings. The molecule has 2 nitrogen and oxygen atoms in total. The van der Waals surface area contributed by atoms with Crippen LogP contribution in [0.2, 0.25) is 0 Å². The van der Waals surface area contributed by atoms with Crippen molar-refractivity contribution in [2.24, 2.45) is 0 Å². The average Bonchev–Trinajstić information content (AvgIpc) is 2.62. The molecule has 2 aliphatic rings. The Morgan fingerprint density at radius 3 is 1.86 bits per heavy atom. The maximum atomic E-state index is 5.74. The molecule has 2 saturated carbocycles. The third kappa shape index (κ3) is 3.26. The van der Waals surface area contributed by atoms with E-state index in [9.17, 15) is 0 Å². The molecule has 1 aromatic carbocycles. The molecular formula is C20H30O2. The van der Waals surface area contributed by atoms with Crippen molar-refractivity contribution in [1.82, 2.24) is 0 Å². The third-order valence-electron chi connectivity index (χ3n) is 5.65. The molecule has 0 unspecified atom stereocenters. The van der Waals surface area contributed by atoms with Crippen molar-refractivity contribution in [2.75, 3.05) is 14.2 Å². The van der Waals surface area contributed by atoms with Crippen molar-refractivity contribution in [3.05, 3.63) is 23.3 Å². The number of benzene rings is 1. The van der Waals surface area contributed by atoms with E-state index in [1.54, 1.807) is 14.2 Å². The van der Waals surface area contributed by atoms with Gasteiger partial charge in [-0.3, -0.25) is 0 Å².